The van der Waals surface area contributed by atoms with Crippen LogP contribution in [0.4, 0.5) is 11.4 Å². The highest BCUT2D eigenvalue weighted by Crippen LogP contribution is 2.25. The van der Waals surface area contributed by atoms with Crippen LogP contribution in [0.15, 0.2) is 48.5 Å². The lowest BCUT2D eigenvalue weighted by molar-refractivity contribution is 0.612. The molecule has 0 aliphatic heterocycles. The van der Waals surface area contributed by atoms with Crippen LogP contribution in [0.1, 0.15) is 25.0 Å². The van der Waals surface area contributed by atoms with E-state index in [0.717, 1.165) is 11.4 Å². The first kappa shape index (κ1) is 14.9. The lowest BCUT2D eigenvalue weighted by Gasteiger charge is -2.36. The van der Waals surface area contributed by atoms with Crippen molar-refractivity contribution in [2.45, 2.75) is 33.2 Å². The first-order chi connectivity index (χ1) is 9.92. The van der Waals surface area contributed by atoms with E-state index in [9.17, 15) is 5.26 Å². The van der Waals surface area contributed by atoms with Crippen molar-refractivity contribution >= 4 is 11.4 Å². The van der Waals surface area contributed by atoms with Gasteiger partial charge in [-0.2, -0.15) is 5.26 Å². The van der Waals surface area contributed by atoms with Gasteiger partial charge < -0.3 is 0 Å². The molecular formula is C18H21N3. The Morgan fingerprint density at radius 2 is 1.38 bits per heavy atom. The number of aryl methyl sites for hydroxylation is 2. The first-order valence-corrected chi connectivity index (χ1v) is 7.04. The molecule has 0 aliphatic rings. The van der Waals surface area contributed by atoms with E-state index >= 15 is 0 Å². The molecule has 0 saturated heterocycles. The van der Waals surface area contributed by atoms with Crippen LogP contribution >= 0.6 is 0 Å². The maximum atomic E-state index is 9.47. The van der Waals surface area contributed by atoms with Crippen molar-refractivity contribution in [2.75, 3.05) is 10.4 Å². The highest BCUT2D eigenvalue weighted by Gasteiger charge is 2.27. The van der Waals surface area contributed by atoms with Gasteiger partial charge in [0.05, 0.1) is 17.4 Å². The van der Waals surface area contributed by atoms with E-state index in [1.54, 1.807) is 0 Å². The van der Waals surface area contributed by atoms with Crippen molar-refractivity contribution in [3.8, 4) is 6.07 Å². The van der Waals surface area contributed by atoms with Gasteiger partial charge in [0.2, 0.25) is 0 Å². The number of hydrogen-bond donors (Lipinski definition) is 1. The molecule has 0 fully saturated rings. The van der Waals surface area contributed by atoms with Crippen LogP contribution < -0.4 is 10.4 Å². The van der Waals surface area contributed by atoms with Gasteiger partial charge in [0.25, 0.3) is 0 Å². The van der Waals surface area contributed by atoms with Crippen LogP contribution in [0.2, 0.25) is 0 Å². The lowest BCUT2D eigenvalue weighted by atomic mass is 10.1. The maximum absolute atomic E-state index is 9.47. The van der Waals surface area contributed by atoms with Crippen LogP contribution in [0.25, 0.3) is 0 Å². The summed E-state index contributed by atoms with van der Waals surface area (Å²) in [6, 6.07) is 18.6. The van der Waals surface area contributed by atoms with Gasteiger partial charge >= 0.3 is 0 Å². The number of hydrazine groups is 1. The van der Waals surface area contributed by atoms with Gasteiger partial charge in [-0.3, -0.25) is 10.4 Å². The summed E-state index contributed by atoms with van der Waals surface area (Å²) in [6.45, 7) is 7.90. The van der Waals surface area contributed by atoms with Crippen molar-refractivity contribution < 1.29 is 0 Å². The molecule has 1 N–H and O–H groups in total. The molecular weight excluding hydrogens is 258 g/mol. The van der Waals surface area contributed by atoms with Gasteiger partial charge in [-0.25, -0.2) is 0 Å². The third kappa shape index (κ3) is 3.55. The fourth-order valence-corrected chi connectivity index (χ4v) is 2.03. The summed E-state index contributed by atoms with van der Waals surface area (Å²) in [6.07, 6.45) is 0. The molecule has 0 aliphatic carbocycles. The molecule has 2 rings (SSSR count). The number of nitrogens with zero attached hydrogens (tertiary/aromatic N) is 2. The summed E-state index contributed by atoms with van der Waals surface area (Å²) in [4.78, 5) is 0. The fourth-order valence-electron chi connectivity index (χ4n) is 2.03. The minimum atomic E-state index is -0.667. The molecule has 2 aromatic carbocycles. The second-order valence-electron chi connectivity index (χ2n) is 5.82. The van der Waals surface area contributed by atoms with Crippen molar-refractivity contribution in [3.63, 3.8) is 0 Å². The van der Waals surface area contributed by atoms with E-state index < -0.39 is 5.54 Å². The quantitative estimate of drug-likeness (QED) is 0.841. The van der Waals surface area contributed by atoms with E-state index in [4.69, 9.17) is 0 Å². The molecule has 2 aromatic rings. The van der Waals surface area contributed by atoms with Crippen molar-refractivity contribution in [1.82, 2.24) is 0 Å². The Kier molecular flexibility index (Phi) is 4.18. The van der Waals surface area contributed by atoms with E-state index in [-0.39, 0.29) is 0 Å². The Labute approximate surface area is 126 Å². The van der Waals surface area contributed by atoms with Crippen LogP contribution in [-0.2, 0) is 0 Å². The van der Waals surface area contributed by atoms with Gasteiger partial charge in [0, 0.05) is 0 Å². The van der Waals surface area contributed by atoms with Crippen LogP contribution in [-0.4, -0.2) is 5.54 Å². The molecule has 21 heavy (non-hydrogen) atoms. The highest BCUT2D eigenvalue weighted by molar-refractivity contribution is 5.59. The third-order valence-corrected chi connectivity index (χ3v) is 3.42. The van der Waals surface area contributed by atoms with Crippen LogP contribution in [0.5, 0.6) is 0 Å². The van der Waals surface area contributed by atoms with Crippen molar-refractivity contribution in [1.29, 1.82) is 5.26 Å². The largest absolute Gasteiger partial charge is 0.297 e. The number of nitrogens with one attached hydrogen (secondary N) is 1. The molecule has 0 radical (unpaired) electrons. The number of benzene rings is 2. The number of anilines is 2. The first-order valence-electron chi connectivity index (χ1n) is 7.04. The molecule has 0 saturated carbocycles. The summed E-state index contributed by atoms with van der Waals surface area (Å²) in [5.41, 5.74) is 7.01. The average molecular weight is 279 g/mol. The minimum Gasteiger partial charge on any atom is -0.297 e. The van der Waals surface area contributed by atoms with E-state index in [2.05, 4.69) is 37.5 Å². The Morgan fingerprint density at radius 3 is 1.86 bits per heavy atom. The number of nitriles is 1. The topological polar surface area (TPSA) is 39.1 Å². The predicted molar refractivity (Wildman–Crippen MR) is 88.2 cm³/mol. The molecule has 3 heteroatoms. The summed E-state index contributed by atoms with van der Waals surface area (Å²) in [7, 11) is 0. The zero-order chi connectivity index (χ0) is 15.5. The molecule has 0 spiro atoms. The van der Waals surface area contributed by atoms with Gasteiger partial charge in [-0.05, 0) is 52.0 Å². The highest BCUT2D eigenvalue weighted by atomic mass is 15.5. The molecule has 108 valence electrons. The molecule has 0 bridgehead atoms. The van der Waals surface area contributed by atoms with Crippen LogP contribution in [0.3, 0.4) is 0 Å². The lowest BCUT2D eigenvalue weighted by Crippen LogP contribution is -2.47. The van der Waals surface area contributed by atoms with Gasteiger partial charge in [0.1, 0.15) is 5.54 Å². The average Bonchev–Trinajstić information content (AvgIpc) is 2.47. The number of rotatable bonds is 4. The van der Waals surface area contributed by atoms with E-state index in [1.165, 1.54) is 11.1 Å². The molecule has 3 nitrogen and oxygen atoms in total. The molecule has 0 aromatic heterocycles. The van der Waals surface area contributed by atoms with Gasteiger partial charge in [0.15, 0.2) is 0 Å². The molecule has 0 atom stereocenters. The molecule has 0 heterocycles. The minimum absolute atomic E-state index is 0.667. The van der Waals surface area contributed by atoms with Crippen molar-refractivity contribution in [2.24, 2.45) is 0 Å². The fraction of sp³-hybridized carbons (Fsp3) is 0.278. The molecule has 0 amide bonds. The normalized spacial score (nSPS) is 10.8. The number of hydrogen-bond acceptors (Lipinski definition) is 3. The second kappa shape index (κ2) is 5.88. The Hall–Kier alpha value is -2.47. The summed E-state index contributed by atoms with van der Waals surface area (Å²) >= 11 is 0. The second-order valence-corrected chi connectivity index (χ2v) is 5.82. The SMILES string of the molecule is Cc1ccc(NN(c2ccc(C)cc2)C(C)(C)C#N)cc1. The summed E-state index contributed by atoms with van der Waals surface area (Å²) in [5, 5.41) is 11.4. The zero-order valence-corrected chi connectivity index (χ0v) is 13.0. The predicted octanol–water partition coefficient (Wildman–Crippen LogP) is 4.44. The third-order valence-electron chi connectivity index (χ3n) is 3.42. The standard InChI is InChI=1S/C18H21N3/c1-14-5-9-16(10-6-14)20-21(18(3,4)13-19)17-11-7-15(2)8-12-17/h5-12,20H,1-4H3. The Balaban J connectivity index is 2.35. The Morgan fingerprint density at radius 1 is 0.905 bits per heavy atom. The van der Waals surface area contributed by atoms with Crippen LogP contribution in [0, 0.1) is 25.2 Å². The molecule has 0 unspecified atom stereocenters. The zero-order valence-electron chi connectivity index (χ0n) is 13.0. The monoisotopic (exact) mass is 279 g/mol. The summed E-state index contributed by atoms with van der Waals surface area (Å²) in [5.74, 6) is 0. The van der Waals surface area contributed by atoms with Gasteiger partial charge in [-0.15, -0.1) is 0 Å². The maximum Gasteiger partial charge on any atom is 0.141 e. The summed E-state index contributed by atoms with van der Waals surface area (Å²) < 4.78 is 0. The van der Waals surface area contributed by atoms with E-state index in [0.29, 0.717) is 0 Å². The smallest absolute Gasteiger partial charge is 0.141 e. The van der Waals surface area contributed by atoms with Crippen molar-refractivity contribution in [3.05, 3.63) is 59.7 Å². The van der Waals surface area contributed by atoms with Gasteiger partial charge in [-0.1, -0.05) is 35.4 Å². The Bertz CT molecular complexity index is 634. The van der Waals surface area contributed by atoms with E-state index in [1.807, 2.05) is 55.3 Å².